The number of rotatable bonds is 9. The number of hydrogen-bond donors (Lipinski definition) is 1. The van der Waals surface area contributed by atoms with Gasteiger partial charge >= 0.3 is 0 Å². The van der Waals surface area contributed by atoms with Gasteiger partial charge in [0.2, 0.25) is 5.91 Å². The van der Waals surface area contributed by atoms with E-state index in [1.807, 2.05) is 0 Å². The Morgan fingerprint density at radius 3 is 2.50 bits per heavy atom. The Balaban J connectivity index is 2.36. The molecule has 1 rings (SSSR count). The van der Waals surface area contributed by atoms with Gasteiger partial charge in [0.05, 0.1) is 12.1 Å². The van der Waals surface area contributed by atoms with Crippen LogP contribution in [0.15, 0.2) is 6.33 Å². The fraction of sp³-hybridized carbons (Fsp3) is 0.818. The standard InChI is InChI=1S/C11H21N5OS/c1-3-5-7-10(8-6-4-2)11(17)13-18-16-9-12-14-15-16/h9-10H,3-8H2,1-2H3,(H,13,17). The molecule has 0 unspecified atom stereocenters. The molecule has 0 bridgehead atoms. The average molecular weight is 271 g/mol. The molecule has 1 amide bonds. The van der Waals surface area contributed by atoms with Crippen molar-refractivity contribution in [1.29, 1.82) is 0 Å². The van der Waals surface area contributed by atoms with Crippen LogP contribution in [0.3, 0.4) is 0 Å². The Morgan fingerprint density at radius 2 is 2.00 bits per heavy atom. The molecule has 0 aliphatic rings. The van der Waals surface area contributed by atoms with E-state index < -0.39 is 0 Å². The number of aromatic nitrogens is 4. The van der Waals surface area contributed by atoms with Gasteiger partial charge in [-0.1, -0.05) is 39.5 Å². The summed E-state index contributed by atoms with van der Waals surface area (Å²) in [6, 6.07) is 0. The Bertz CT molecular complexity index is 322. The van der Waals surface area contributed by atoms with Crippen LogP contribution < -0.4 is 4.72 Å². The first kappa shape index (κ1) is 14.9. The lowest BCUT2D eigenvalue weighted by atomic mass is 9.95. The number of nitrogens with zero attached hydrogens (tertiary/aromatic N) is 4. The maximum Gasteiger partial charge on any atom is 0.234 e. The molecule has 0 radical (unpaired) electrons. The van der Waals surface area contributed by atoms with Gasteiger partial charge in [0, 0.05) is 5.92 Å². The number of carbonyl (C=O) groups is 1. The monoisotopic (exact) mass is 271 g/mol. The first-order valence-corrected chi connectivity index (χ1v) is 7.25. The van der Waals surface area contributed by atoms with Crippen molar-refractivity contribution >= 4 is 18.0 Å². The maximum atomic E-state index is 12.0. The van der Waals surface area contributed by atoms with Crippen molar-refractivity contribution in [3.05, 3.63) is 6.33 Å². The quantitative estimate of drug-likeness (QED) is 0.697. The molecule has 0 spiro atoms. The average Bonchev–Trinajstić information content (AvgIpc) is 2.89. The van der Waals surface area contributed by atoms with Crippen molar-refractivity contribution in [3.63, 3.8) is 0 Å². The fourth-order valence-electron chi connectivity index (χ4n) is 1.68. The highest BCUT2D eigenvalue weighted by molar-refractivity contribution is 7.96. The van der Waals surface area contributed by atoms with Crippen LogP contribution in [0.1, 0.15) is 52.4 Å². The highest BCUT2D eigenvalue weighted by Crippen LogP contribution is 2.17. The van der Waals surface area contributed by atoms with Crippen LogP contribution in [0.5, 0.6) is 0 Å². The minimum Gasteiger partial charge on any atom is -0.280 e. The summed E-state index contributed by atoms with van der Waals surface area (Å²) in [7, 11) is 0. The molecule has 18 heavy (non-hydrogen) atoms. The maximum absolute atomic E-state index is 12.0. The molecule has 0 aliphatic heterocycles. The van der Waals surface area contributed by atoms with Crippen molar-refractivity contribution in [1.82, 2.24) is 24.3 Å². The predicted molar refractivity (Wildman–Crippen MR) is 71.5 cm³/mol. The second-order valence-electron chi connectivity index (χ2n) is 4.25. The van der Waals surface area contributed by atoms with Crippen molar-refractivity contribution < 1.29 is 4.79 Å². The third-order valence-corrected chi connectivity index (χ3v) is 3.40. The van der Waals surface area contributed by atoms with Gasteiger partial charge in [0.25, 0.3) is 0 Å². The van der Waals surface area contributed by atoms with Crippen LogP contribution in [-0.4, -0.2) is 25.5 Å². The third-order valence-electron chi connectivity index (χ3n) is 2.75. The van der Waals surface area contributed by atoms with Crippen LogP contribution in [0, 0.1) is 5.92 Å². The zero-order valence-corrected chi connectivity index (χ0v) is 11.8. The van der Waals surface area contributed by atoms with Gasteiger partial charge in [0.15, 0.2) is 6.33 Å². The van der Waals surface area contributed by atoms with E-state index in [0.29, 0.717) is 0 Å². The highest BCUT2D eigenvalue weighted by Gasteiger charge is 2.17. The van der Waals surface area contributed by atoms with Crippen LogP contribution in [0.2, 0.25) is 0 Å². The first-order chi connectivity index (χ1) is 8.77. The summed E-state index contributed by atoms with van der Waals surface area (Å²) in [5.74, 6) is 0.186. The van der Waals surface area contributed by atoms with Gasteiger partial charge in [-0.15, -0.1) is 5.10 Å². The molecule has 1 heterocycles. The van der Waals surface area contributed by atoms with Gasteiger partial charge in [-0.25, -0.2) is 0 Å². The van der Waals surface area contributed by atoms with E-state index in [4.69, 9.17) is 0 Å². The summed E-state index contributed by atoms with van der Waals surface area (Å²) >= 11 is 1.11. The predicted octanol–water partition coefficient (Wildman–Crippen LogP) is 2.20. The van der Waals surface area contributed by atoms with Crippen molar-refractivity contribution in [3.8, 4) is 0 Å². The summed E-state index contributed by atoms with van der Waals surface area (Å²) in [5.41, 5.74) is 0. The number of amides is 1. The Labute approximate surface area is 112 Å². The van der Waals surface area contributed by atoms with Crippen LogP contribution in [0.25, 0.3) is 0 Å². The second-order valence-corrected chi connectivity index (χ2v) is 5.01. The summed E-state index contributed by atoms with van der Waals surface area (Å²) < 4.78 is 4.23. The molecule has 0 saturated heterocycles. The number of unbranched alkanes of at least 4 members (excludes halogenated alkanes) is 2. The fourth-order valence-corrected chi connectivity index (χ4v) is 2.19. The lowest BCUT2D eigenvalue weighted by Crippen LogP contribution is -2.27. The molecule has 102 valence electrons. The van der Waals surface area contributed by atoms with Crippen LogP contribution in [-0.2, 0) is 4.79 Å². The van der Waals surface area contributed by atoms with Crippen molar-refractivity contribution in [2.24, 2.45) is 5.92 Å². The molecule has 7 heteroatoms. The smallest absolute Gasteiger partial charge is 0.234 e. The number of nitrogens with one attached hydrogen (secondary N) is 1. The van der Waals surface area contributed by atoms with Crippen LogP contribution in [0.4, 0.5) is 0 Å². The first-order valence-electron chi connectivity index (χ1n) is 6.48. The molecular weight excluding hydrogens is 250 g/mol. The van der Waals surface area contributed by atoms with Gasteiger partial charge in [-0.2, -0.15) is 4.09 Å². The molecule has 0 aliphatic carbocycles. The van der Waals surface area contributed by atoms with Gasteiger partial charge in [-0.05, 0) is 23.3 Å². The van der Waals surface area contributed by atoms with E-state index in [2.05, 4.69) is 34.1 Å². The topological polar surface area (TPSA) is 72.7 Å². The molecule has 0 aromatic carbocycles. The molecule has 1 aromatic rings. The molecule has 1 aromatic heterocycles. The van der Waals surface area contributed by atoms with E-state index in [0.717, 1.165) is 50.7 Å². The zero-order valence-electron chi connectivity index (χ0n) is 11.0. The van der Waals surface area contributed by atoms with E-state index in [1.165, 1.54) is 10.4 Å². The van der Waals surface area contributed by atoms with Crippen molar-refractivity contribution in [2.75, 3.05) is 0 Å². The lowest BCUT2D eigenvalue weighted by molar-refractivity contribution is -0.123. The Kier molecular flexibility index (Phi) is 7.40. The number of carbonyl (C=O) groups excluding carboxylic acids is 1. The van der Waals surface area contributed by atoms with Gasteiger partial charge < -0.3 is 0 Å². The van der Waals surface area contributed by atoms with Crippen LogP contribution >= 0.6 is 12.1 Å². The van der Waals surface area contributed by atoms with Gasteiger partial charge in [-0.3, -0.25) is 9.52 Å². The van der Waals surface area contributed by atoms with E-state index >= 15 is 0 Å². The highest BCUT2D eigenvalue weighted by atomic mass is 32.2. The minimum absolute atomic E-state index is 0.0809. The number of tetrazole rings is 1. The Hall–Kier alpha value is -1.11. The summed E-state index contributed by atoms with van der Waals surface area (Å²) in [5, 5.41) is 10.7. The normalized spacial score (nSPS) is 10.8. The molecule has 6 nitrogen and oxygen atoms in total. The number of hydrogen-bond acceptors (Lipinski definition) is 5. The SMILES string of the molecule is CCCCC(CCCC)C(=O)NSn1cnnn1. The molecule has 1 N–H and O–H groups in total. The summed E-state index contributed by atoms with van der Waals surface area (Å²) in [4.78, 5) is 12.0. The third kappa shape index (κ3) is 5.48. The summed E-state index contributed by atoms with van der Waals surface area (Å²) in [6.07, 6.45) is 7.80. The molecule has 0 atom stereocenters. The largest absolute Gasteiger partial charge is 0.280 e. The van der Waals surface area contributed by atoms with E-state index in [9.17, 15) is 4.79 Å². The Morgan fingerprint density at radius 1 is 1.33 bits per heavy atom. The lowest BCUT2D eigenvalue weighted by Gasteiger charge is -2.15. The summed E-state index contributed by atoms with van der Waals surface area (Å²) in [6.45, 7) is 4.29. The molecular formula is C11H21N5OS. The van der Waals surface area contributed by atoms with Crippen molar-refractivity contribution in [2.45, 2.75) is 52.4 Å². The van der Waals surface area contributed by atoms with E-state index in [-0.39, 0.29) is 11.8 Å². The molecule has 0 fully saturated rings. The minimum atomic E-state index is 0.0809. The molecule has 0 saturated carbocycles. The van der Waals surface area contributed by atoms with E-state index in [1.54, 1.807) is 0 Å². The second kappa shape index (κ2) is 8.91. The van der Waals surface area contributed by atoms with Gasteiger partial charge in [0.1, 0.15) is 0 Å². The zero-order chi connectivity index (χ0) is 13.2.